The van der Waals surface area contributed by atoms with Gasteiger partial charge in [-0.15, -0.1) is 11.3 Å². The largest absolute Gasteiger partial charge is 0.378 e. The van der Waals surface area contributed by atoms with Gasteiger partial charge in [0.25, 0.3) is 0 Å². The second-order valence-corrected chi connectivity index (χ2v) is 10.7. The van der Waals surface area contributed by atoms with Crippen molar-refractivity contribution in [2.45, 2.75) is 52.7 Å². The predicted molar refractivity (Wildman–Crippen MR) is 139 cm³/mol. The third kappa shape index (κ3) is 4.58. The van der Waals surface area contributed by atoms with Gasteiger partial charge in [0.1, 0.15) is 22.8 Å². The highest BCUT2D eigenvalue weighted by Crippen LogP contribution is 2.44. The molecule has 0 amide bonds. The minimum absolute atomic E-state index is 0.212. The summed E-state index contributed by atoms with van der Waals surface area (Å²) in [6.07, 6.45) is 3.62. The molecule has 0 saturated carbocycles. The van der Waals surface area contributed by atoms with Crippen molar-refractivity contribution >= 4 is 43.4 Å². The normalized spacial score (nSPS) is 18.1. The van der Waals surface area contributed by atoms with Gasteiger partial charge >= 0.3 is 0 Å². The highest BCUT2D eigenvalue weighted by Gasteiger charge is 2.33. The number of thiophene rings is 1. The molecule has 0 atom stereocenters. The zero-order valence-corrected chi connectivity index (χ0v) is 21.6. The molecule has 9 heteroatoms. The fraction of sp³-hybridized carbons (Fsp3) is 0.640. The van der Waals surface area contributed by atoms with Crippen molar-refractivity contribution in [3.63, 3.8) is 0 Å². The summed E-state index contributed by atoms with van der Waals surface area (Å²) in [5, 5.41) is 4.76. The Morgan fingerprint density at radius 3 is 2.71 bits per heavy atom. The average molecular weight is 485 g/mol. The van der Waals surface area contributed by atoms with E-state index in [0.29, 0.717) is 6.61 Å². The Balaban J connectivity index is 1.54. The van der Waals surface area contributed by atoms with Gasteiger partial charge in [0.2, 0.25) is 0 Å². The van der Waals surface area contributed by atoms with Crippen LogP contribution in [0.1, 0.15) is 45.2 Å². The molecular weight excluding hydrogens is 448 g/mol. The van der Waals surface area contributed by atoms with Crippen LogP contribution in [0.4, 0.5) is 11.6 Å². The van der Waals surface area contributed by atoms with Crippen LogP contribution in [0.5, 0.6) is 0 Å². The second-order valence-electron chi connectivity index (χ2n) is 9.71. The average Bonchev–Trinajstić information content (AvgIpc) is 3.23. The lowest BCUT2D eigenvalue weighted by Gasteiger charge is -2.36. The van der Waals surface area contributed by atoms with Gasteiger partial charge in [0, 0.05) is 37.0 Å². The van der Waals surface area contributed by atoms with Crippen LogP contribution in [0.2, 0.25) is 0 Å². The molecule has 5 rings (SSSR count). The molecular formula is C25H36N6O2S. The van der Waals surface area contributed by atoms with E-state index >= 15 is 0 Å². The monoisotopic (exact) mass is 484 g/mol. The SMILES string of the molecule is CCN(CC)CCCNc1ncnc2c1sc1nc(N3CCOCC3)c3c(c12)CC(C)(C)OC3. The molecule has 1 N–H and O–H groups in total. The molecule has 8 nitrogen and oxygen atoms in total. The van der Waals surface area contributed by atoms with E-state index in [4.69, 9.17) is 19.4 Å². The molecule has 0 aromatic carbocycles. The fourth-order valence-electron chi connectivity index (χ4n) is 5.00. The van der Waals surface area contributed by atoms with Crippen molar-refractivity contribution in [2.75, 3.05) is 62.7 Å². The van der Waals surface area contributed by atoms with E-state index in [2.05, 4.69) is 47.8 Å². The van der Waals surface area contributed by atoms with Crippen molar-refractivity contribution in [1.82, 2.24) is 19.9 Å². The van der Waals surface area contributed by atoms with E-state index in [-0.39, 0.29) is 5.60 Å². The minimum atomic E-state index is -0.212. The maximum absolute atomic E-state index is 6.24. The molecule has 2 aliphatic heterocycles. The molecule has 0 radical (unpaired) electrons. The van der Waals surface area contributed by atoms with Gasteiger partial charge in [-0.3, -0.25) is 0 Å². The summed E-state index contributed by atoms with van der Waals surface area (Å²) in [5.74, 6) is 1.97. The highest BCUT2D eigenvalue weighted by molar-refractivity contribution is 7.26. The van der Waals surface area contributed by atoms with Crippen molar-refractivity contribution < 1.29 is 9.47 Å². The number of ether oxygens (including phenoxy) is 2. The zero-order chi connectivity index (χ0) is 23.7. The summed E-state index contributed by atoms with van der Waals surface area (Å²) in [6.45, 7) is 16.7. The maximum Gasteiger partial charge on any atom is 0.147 e. The van der Waals surface area contributed by atoms with Gasteiger partial charge in [0.15, 0.2) is 0 Å². The Bertz CT molecular complexity index is 1150. The number of nitrogens with one attached hydrogen (secondary N) is 1. The number of pyridine rings is 1. The summed E-state index contributed by atoms with van der Waals surface area (Å²) in [4.78, 5) is 20.4. The van der Waals surface area contributed by atoms with Crippen molar-refractivity contribution in [2.24, 2.45) is 0 Å². The molecule has 184 valence electrons. The molecule has 0 unspecified atom stereocenters. The number of rotatable bonds is 8. The van der Waals surface area contributed by atoms with Gasteiger partial charge in [0.05, 0.1) is 35.6 Å². The zero-order valence-electron chi connectivity index (χ0n) is 20.8. The van der Waals surface area contributed by atoms with Crippen LogP contribution in [-0.2, 0) is 22.5 Å². The third-order valence-electron chi connectivity index (χ3n) is 6.95. The molecule has 1 saturated heterocycles. The van der Waals surface area contributed by atoms with E-state index in [0.717, 1.165) is 92.0 Å². The second kappa shape index (κ2) is 9.89. The lowest BCUT2D eigenvalue weighted by Crippen LogP contribution is -2.39. The number of fused-ring (bicyclic) bond motifs is 5. The number of hydrogen-bond acceptors (Lipinski definition) is 9. The first-order chi connectivity index (χ1) is 16.5. The van der Waals surface area contributed by atoms with Crippen LogP contribution in [-0.4, -0.2) is 77.9 Å². The van der Waals surface area contributed by atoms with Gasteiger partial charge in [-0.1, -0.05) is 13.8 Å². The molecule has 0 spiro atoms. The van der Waals surface area contributed by atoms with Crippen LogP contribution in [0.15, 0.2) is 6.33 Å². The van der Waals surface area contributed by atoms with Crippen LogP contribution in [0.25, 0.3) is 20.4 Å². The predicted octanol–water partition coefficient (Wildman–Crippen LogP) is 4.07. The standard InChI is InChI=1S/C25H36N6O2S/c1-5-30(6-2)9-7-8-26-22-21-20(27-16-28-22)19-17-14-25(3,4)33-15-18(17)23(29-24(19)34-21)31-10-12-32-13-11-31/h16H,5-15H2,1-4H3,(H,26,27,28). The maximum atomic E-state index is 6.24. The van der Waals surface area contributed by atoms with Crippen LogP contribution in [0, 0.1) is 0 Å². The first kappa shape index (κ1) is 23.7. The Morgan fingerprint density at radius 1 is 1.15 bits per heavy atom. The molecule has 3 aromatic heterocycles. The van der Waals surface area contributed by atoms with E-state index < -0.39 is 0 Å². The first-order valence-corrected chi connectivity index (χ1v) is 13.3. The van der Waals surface area contributed by atoms with Crippen molar-refractivity contribution in [3.8, 4) is 0 Å². The lowest BCUT2D eigenvalue weighted by atomic mass is 9.90. The lowest BCUT2D eigenvalue weighted by molar-refractivity contribution is -0.0396. The summed E-state index contributed by atoms with van der Waals surface area (Å²) < 4.78 is 12.9. The van der Waals surface area contributed by atoms with Gasteiger partial charge in [-0.05, 0) is 45.5 Å². The highest BCUT2D eigenvalue weighted by atomic mass is 32.1. The molecule has 2 aliphatic rings. The van der Waals surface area contributed by atoms with E-state index in [1.54, 1.807) is 17.7 Å². The molecule has 1 fully saturated rings. The summed E-state index contributed by atoms with van der Waals surface area (Å²) in [6, 6.07) is 0. The summed E-state index contributed by atoms with van der Waals surface area (Å²) in [5.41, 5.74) is 3.34. The van der Waals surface area contributed by atoms with Crippen molar-refractivity contribution in [1.29, 1.82) is 0 Å². The van der Waals surface area contributed by atoms with Crippen LogP contribution >= 0.6 is 11.3 Å². The van der Waals surface area contributed by atoms with Gasteiger partial charge in [-0.25, -0.2) is 15.0 Å². The van der Waals surface area contributed by atoms with Gasteiger partial charge < -0.3 is 24.6 Å². The van der Waals surface area contributed by atoms with Crippen LogP contribution in [0.3, 0.4) is 0 Å². The topological polar surface area (TPSA) is 75.6 Å². The first-order valence-electron chi connectivity index (χ1n) is 12.5. The minimum Gasteiger partial charge on any atom is -0.378 e. The molecule has 3 aromatic rings. The number of nitrogens with zero attached hydrogens (tertiary/aromatic N) is 5. The Labute approximate surface area is 205 Å². The molecule has 34 heavy (non-hydrogen) atoms. The van der Waals surface area contributed by atoms with E-state index in [1.807, 2.05) is 0 Å². The number of hydrogen-bond donors (Lipinski definition) is 1. The van der Waals surface area contributed by atoms with Crippen LogP contribution < -0.4 is 10.2 Å². The molecule has 5 heterocycles. The number of morpholine rings is 1. The summed E-state index contributed by atoms with van der Waals surface area (Å²) in [7, 11) is 0. The van der Waals surface area contributed by atoms with Gasteiger partial charge in [-0.2, -0.15) is 0 Å². The smallest absolute Gasteiger partial charge is 0.147 e. The third-order valence-corrected chi connectivity index (χ3v) is 8.03. The van der Waals surface area contributed by atoms with E-state index in [1.165, 1.54) is 16.5 Å². The summed E-state index contributed by atoms with van der Waals surface area (Å²) >= 11 is 1.71. The number of anilines is 2. The van der Waals surface area contributed by atoms with Crippen molar-refractivity contribution in [3.05, 3.63) is 17.5 Å². The Kier molecular flexibility index (Phi) is 6.88. The Hall–Kier alpha value is -2.07. The molecule has 0 aliphatic carbocycles. The molecule has 0 bridgehead atoms. The Morgan fingerprint density at radius 2 is 1.94 bits per heavy atom. The number of aromatic nitrogens is 3. The van der Waals surface area contributed by atoms with E-state index in [9.17, 15) is 0 Å². The quantitative estimate of drug-likeness (QED) is 0.480. The fourth-order valence-corrected chi connectivity index (χ4v) is 6.12.